The Hall–Kier alpha value is -2.71. The molecule has 1 heterocycles. The van der Waals surface area contributed by atoms with E-state index in [1.165, 1.54) is 16.4 Å². The minimum atomic E-state index is -3.74. The maximum atomic E-state index is 13.0. The Labute approximate surface area is 177 Å². The van der Waals surface area contributed by atoms with Gasteiger partial charge >= 0.3 is 5.97 Å². The number of hydrogen-bond acceptors (Lipinski definition) is 6. The highest BCUT2D eigenvalue weighted by Crippen LogP contribution is 2.25. The van der Waals surface area contributed by atoms with Gasteiger partial charge in [0.25, 0.3) is 0 Å². The summed E-state index contributed by atoms with van der Waals surface area (Å²) in [5.74, 6) is -0.738. The highest BCUT2D eigenvalue weighted by Gasteiger charge is 2.32. The first-order valence-electron chi connectivity index (χ1n) is 10.0. The lowest BCUT2D eigenvalue weighted by molar-refractivity contribution is -0.149. The third-order valence-electron chi connectivity index (χ3n) is 5.09. The Morgan fingerprint density at radius 1 is 1.07 bits per heavy atom. The highest BCUT2D eigenvalue weighted by molar-refractivity contribution is 7.89. The second kappa shape index (κ2) is 9.86. The largest absolute Gasteiger partial charge is 0.466 e. The zero-order chi connectivity index (χ0) is 21.6. The van der Waals surface area contributed by atoms with Crippen LogP contribution in [0, 0.1) is 5.92 Å². The van der Waals surface area contributed by atoms with Gasteiger partial charge in [0.05, 0.1) is 24.0 Å². The van der Waals surface area contributed by atoms with Gasteiger partial charge in [0.15, 0.2) is 5.78 Å². The fourth-order valence-electron chi connectivity index (χ4n) is 3.41. The fraction of sp³-hybridized carbons (Fsp3) is 0.364. The number of anilines is 1. The lowest BCUT2D eigenvalue weighted by atomic mass is 9.98. The van der Waals surface area contributed by atoms with E-state index in [0.29, 0.717) is 25.0 Å². The first kappa shape index (κ1) is 22.0. The van der Waals surface area contributed by atoms with Gasteiger partial charge in [-0.2, -0.15) is 4.31 Å². The molecular weight excluding hydrogens is 404 g/mol. The lowest BCUT2D eigenvalue weighted by Gasteiger charge is -2.30. The molecule has 30 heavy (non-hydrogen) atoms. The molecule has 0 saturated carbocycles. The molecule has 0 amide bonds. The van der Waals surface area contributed by atoms with Gasteiger partial charge in [-0.15, -0.1) is 0 Å². The van der Waals surface area contributed by atoms with Crippen molar-refractivity contribution in [2.24, 2.45) is 5.92 Å². The smallest absolute Gasteiger partial charge is 0.309 e. The standard InChI is InChI=1S/C22H26N2O5S/c1-2-29-22(26)17-11-13-24(14-12-17)30(27,28)20-10-6-7-18(15-20)21(25)16-23-19-8-4-3-5-9-19/h3-10,15,17,23H,2,11-14,16H2,1H3. The topological polar surface area (TPSA) is 92.8 Å². The Balaban J connectivity index is 1.65. The molecule has 0 atom stereocenters. The number of hydrogen-bond donors (Lipinski definition) is 1. The molecular formula is C22H26N2O5S. The van der Waals surface area contributed by atoms with Crippen LogP contribution in [-0.2, 0) is 19.6 Å². The first-order chi connectivity index (χ1) is 14.4. The molecule has 1 aliphatic rings. The Bertz CT molecular complexity index is 984. The van der Waals surface area contributed by atoms with Crippen LogP contribution in [0.5, 0.6) is 0 Å². The van der Waals surface area contributed by atoms with Crippen molar-refractivity contribution in [3.05, 3.63) is 60.2 Å². The molecule has 3 rings (SSSR count). The SMILES string of the molecule is CCOC(=O)C1CCN(S(=O)(=O)c2cccc(C(=O)CNc3ccccc3)c2)CC1. The second-order valence-corrected chi connectivity index (χ2v) is 9.04. The summed E-state index contributed by atoms with van der Waals surface area (Å²) in [6, 6.07) is 15.4. The molecule has 0 radical (unpaired) electrons. The molecule has 1 fully saturated rings. The minimum Gasteiger partial charge on any atom is -0.466 e. The van der Waals surface area contributed by atoms with Gasteiger partial charge in [-0.05, 0) is 44.0 Å². The van der Waals surface area contributed by atoms with Crippen LogP contribution in [0.4, 0.5) is 5.69 Å². The molecule has 0 aliphatic carbocycles. The average Bonchev–Trinajstić information content (AvgIpc) is 2.78. The lowest BCUT2D eigenvalue weighted by Crippen LogP contribution is -2.40. The molecule has 1 saturated heterocycles. The fourth-order valence-corrected chi connectivity index (χ4v) is 4.93. The first-order valence-corrected chi connectivity index (χ1v) is 11.4. The summed E-state index contributed by atoms with van der Waals surface area (Å²) in [6.45, 7) is 2.63. The van der Waals surface area contributed by atoms with E-state index in [1.54, 1.807) is 19.1 Å². The van der Waals surface area contributed by atoms with E-state index in [-0.39, 0.29) is 42.2 Å². The van der Waals surface area contributed by atoms with E-state index >= 15 is 0 Å². The van der Waals surface area contributed by atoms with E-state index in [1.807, 2.05) is 30.3 Å². The van der Waals surface area contributed by atoms with Crippen molar-refractivity contribution in [2.75, 3.05) is 31.6 Å². The molecule has 1 aliphatic heterocycles. The van der Waals surface area contributed by atoms with Crippen LogP contribution in [0.15, 0.2) is 59.5 Å². The van der Waals surface area contributed by atoms with Crippen molar-refractivity contribution < 1.29 is 22.7 Å². The van der Waals surface area contributed by atoms with Gasteiger partial charge in [-0.1, -0.05) is 30.3 Å². The summed E-state index contributed by atoms with van der Waals surface area (Å²) < 4.78 is 32.5. The average molecular weight is 431 g/mol. The number of benzene rings is 2. The van der Waals surface area contributed by atoms with E-state index in [0.717, 1.165) is 5.69 Å². The number of carbonyl (C=O) groups is 2. The van der Waals surface area contributed by atoms with E-state index in [4.69, 9.17) is 4.74 Å². The van der Waals surface area contributed by atoms with Gasteiger partial charge in [0.1, 0.15) is 0 Å². The molecule has 0 unspecified atom stereocenters. The molecule has 1 N–H and O–H groups in total. The number of sulfonamides is 1. The maximum Gasteiger partial charge on any atom is 0.309 e. The van der Waals surface area contributed by atoms with Crippen molar-refractivity contribution in [3.8, 4) is 0 Å². The van der Waals surface area contributed by atoms with Crippen molar-refractivity contribution >= 4 is 27.5 Å². The van der Waals surface area contributed by atoms with Gasteiger partial charge in [0, 0.05) is 24.3 Å². The summed E-state index contributed by atoms with van der Waals surface area (Å²) in [5.41, 5.74) is 1.15. The highest BCUT2D eigenvalue weighted by atomic mass is 32.2. The molecule has 0 spiro atoms. The van der Waals surface area contributed by atoms with E-state index < -0.39 is 10.0 Å². The van der Waals surface area contributed by atoms with Crippen LogP contribution in [0.25, 0.3) is 0 Å². The normalized spacial score (nSPS) is 15.5. The zero-order valence-electron chi connectivity index (χ0n) is 16.9. The van der Waals surface area contributed by atoms with Crippen LogP contribution in [0.2, 0.25) is 0 Å². The van der Waals surface area contributed by atoms with E-state index in [2.05, 4.69) is 5.32 Å². The van der Waals surface area contributed by atoms with Crippen molar-refractivity contribution in [2.45, 2.75) is 24.7 Å². The molecule has 2 aromatic rings. The second-order valence-electron chi connectivity index (χ2n) is 7.10. The quantitative estimate of drug-likeness (QED) is 0.511. The molecule has 0 bridgehead atoms. The molecule has 0 aromatic heterocycles. The summed E-state index contributed by atoms with van der Waals surface area (Å²) in [7, 11) is -3.74. The number of Topliss-reactive ketones (excluding diaryl/α,β-unsaturated/α-hetero) is 1. The predicted molar refractivity (Wildman–Crippen MR) is 114 cm³/mol. The number of esters is 1. The number of ether oxygens (including phenoxy) is 1. The summed E-state index contributed by atoms with van der Waals surface area (Å²) in [4.78, 5) is 24.5. The number of ketones is 1. The number of piperidine rings is 1. The maximum absolute atomic E-state index is 13.0. The van der Waals surface area contributed by atoms with Crippen LogP contribution in [-0.4, -0.2) is 50.7 Å². The van der Waals surface area contributed by atoms with Gasteiger partial charge in [-0.3, -0.25) is 9.59 Å². The Kier molecular flexibility index (Phi) is 7.23. The van der Waals surface area contributed by atoms with Crippen LogP contribution < -0.4 is 5.32 Å². The number of nitrogens with zero attached hydrogens (tertiary/aromatic N) is 1. The molecule has 7 nitrogen and oxygen atoms in total. The third-order valence-corrected chi connectivity index (χ3v) is 6.99. The van der Waals surface area contributed by atoms with Gasteiger partial charge < -0.3 is 10.1 Å². The van der Waals surface area contributed by atoms with Crippen molar-refractivity contribution in [1.29, 1.82) is 0 Å². The number of nitrogens with one attached hydrogen (secondary N) is 1. The summed E-state index contributed by atoms with van der Waals surface area (Å²) in [5, 5.41) is 3.04. The molecule has 8 heteroatoms. The number of rotatable bonds is 8. The van der Waals surface area contributed by atoms with Crippen molar-refractivity contribution in [1.82, 2.24) is 4.31 Å². The number of carbonyl (C=O) groups excluding carboxylic acids is 2. The third kappa shape index (κ3) is 5.25. The summed E-state index contributed by atoms with van der Waals surface area (Å²) in [6.07, 6.45) is 0.857. The monoisotopic (exact) mass is 430 g/mol. The van der Waals surface area contributed by atoms with Crippen molar-refractivity contribution in [3.63, 3.8) is 0 Å². The Morgan fingerprint density at radius 2 is 1.77 bits per heavy atom. The van der Waals surface area contributed by atoms with Crippen LogP contribution in [0.1, 0.15) is 30.1 Å². The summed E-state index contributed by atoms with van der Waals surface area (Å²) >= 11 is 0. The van der Waals surface area contributed by atoms with E-state index in [9.17, 15) is 18.0 Å². The Morgan fingerprint density at radius 3 is 2.43 bits per heavy atom. The van der Waals surface area contributed by atoms with Crippen LogP contribution in [0.3, 0.4) is 0 Å². The molecule has 2 aromatic carbocycles. The molecule has 160 valence electrons. The van der Waals surface area contributed by atoms with Gasteiger partial charge in [0.2, 0.25) is 10.0 Å². The van der Waals surface area contributed by atoms with Gasteiger partial charge in [-0.25, -0.2) is 8.42 Å². The zero-order valence-corrected chi connectivity index (χ0v) is 17.7. The number of para-hydroxylation sites is 1. The van der Waals surface area contributed by atoms with Crippen LogP contribution >= 0.6 is 0 Å². The minimum absolute atomic E-state index is 0.0679. The predicted octanol–water partition coefficient (Wildman–Crippen LogP) is 2.95.